The van der Waals surface area contributed by atoms with Crippen molar-refractivity contribution in [1.29, 1.82) is 0 Å². The van der Waals surface area contributed by atoms with Gasteiger partial charge in [0.1, 0.15) is 0 Å². The summed E-state index contributed by atoms with van der Waals surface area (Å²) >= 11 is 2.19. The number of thioether (sulfide) groups is 1. The topological polar surface area (TPSA) is 132 Å². The lowest BCUT2D eigenvalue weighted by Gasteiger charge is -2.09. The Bertz CT molecular complexity index is 1120. The van der Waals surface area contributed by atoms with Crippen LogP contribution in [-0.4, -0.2) is 51.3 Å². The zero-order chi connectivity index (χ0) is 21.0. The Morgan fingerprint density at radius 1 is 1.17 bits per heavy atom. The average Bonchev–Trinajstić information content (AvgIpc) is 3.25. The van der Waals surface area contributed by atoms with Crippen molar-refractivity contribution in [1.82, 2.24) is 25.0 Å². The Labute approximate surface area is 176 Å². The molecule has 0 aliphatic rings. The van der Waals surface area contributed by atoms with E-state index in [4.69, 9.17) is 0 Å². The van der Waals surface area contributed by atoms with Crippen LogP contribution in [0.4, 0.5) is 10.3 Å². The molecule has 0 fully saturated rings. The molecule has 2 N–H and O–H groups in total. The first-order valence-corrected chi connectivity index (χ1v) is 12.2. The van der Waals surface area contributed by atoms with Gasteiger partial charge < -0.3 is 4.57 Å². The monoisotopic (exact) mass is 453 g/mol. The molecule has 154 valence electrons. The molecular weight excluding hydrogens is 434 g/mol. The molecule has 10 nitrogen and oxygen atoms in total. The van der Waals surface area contributed by atoms with Gasteiger partial charge in [-0.1, -0.05) is 47.4 Å². The van der Waals surface area contributed by atoms with Gasteiger partial charge in [0.25, 0.3) is 0 Å². The molecule has 13 heteroatoms. The highest BCUT2D eigenvalue weighted by molar-refractivity contribution is 7.99. The molecule has 2 aromatic heterocycles. The van der Waals surface area contributed by atoms with Crippen molar-refractivity contribution in [2.45, 2.75) is 25.5 Å². The van der Waals surface area contributed by atoms with Crippen LogP contribution in [0.25, 0.3) is 11.4 Å². The second kappa shape index (κ2) is 8.88. The Balaban J connectivity index is 1.64. The molecule has 29 heavy (non-hydrogen) atoms. The highest BCUT2D eigenvalue weighted by Crippen LogP contribution is 2.26. The van der Waals surface area contributed by atoms with Gasteiger partial charge in [-0.3, -0.25) is 14.8 Å². The molecule has 0 atom stereocenters. The van der Waals surface area contributed by atoms with Gasteiger partial charge in [0, 0.05) is 12.1 Å². The fraction of sp³-hybridized carbons (Fsp3) is 0.312. The normalized spacial score (nSPS) is 11.4. The second-order valence-corrected chi connectivity index (χ2v) is 9.66. The first-order chi connectivity index (χ1) is 13.8. The zero-order valence-electron chi connectivity index (χ0n) is 15.9. The van der Waals surface area contributed by atoms with Gasteiger partial charge in [-0.2, -0.15) is 0 Å². The molecule has 0 aliphatic heterocycles. The van der Waals surface area contributed by atoms with Gasteiger partial charge in [0.05, 0.1) is 12.0 Å². The van der Waals surface area contributed by atoms with Gasteiger partial charge in [0.2, 0.25) is 26.2 Å². The number of benzene rings is 1. The third-order valence-electron chi connectivity index (χ3n) is 3.70. The summed E-state index contributed by atoms with van der Waals surface area (Å²) in [4.78, 5) is 12.2. The SMILES string of the molecule is CCn1c(SCC(=O)Nc2nnc(NS(C)(=O)=O)s2)nnc1-c1ccccc1C. The first kappa shape index (κ1) is 21.2. The summed E-state index contributed by atoms with van der Waals surface area (Å²) in [7, 11) is -3.45. The number of aromatic nitrogens is 5. The van der Waals surface area contributed by atoms with Crippen LogP contribution in [0.2, 0.25) is 0 Å². The van der Waals surface area contributed by atoms with E-state index in [1.165, 1.54) is 11.8 Å². The van der Waals surface area contributed by atoms with Crippen molar-refractivity contribution in [3.63, 3.8) is 0 Å². The number of carbonyl (C=O) groups is 1. The van der Waals surface area contributed by atoms with Crippen LogP contribution in [0.3, 0.4) is 0 Å². The summed E-state index contributed by atoms with van der Waals surface area (Å²) in [5.74, 6) is 0.551. The molecule has 0 bridgehead atoms. The van der Waals surface area contributed by atoms with Gasteiger partial charge in [-0.05, 0) is 19.4 Å². The maximum Gasteiger partial charge on any atom is 0.236 e. The minimum Gasteiger partial charge on any atom is -0.302 e. The quantitative estimate of drug-likeness (QED) is 0.496. The number of amides is 1. The minimum absolute atomic E-state index is 0.0871. The largest absolute Gasteiger partial charge is 0.302 e. The molecule has 0 aliphatic carbocycles. The number of hydrogen-bond acceptors (Lipinski definition) is 9. The number of nitrogens with zero attached hydrogens (tertiary/aromatic N) is 5. The maximum atomic E-state index is 12.2. The van der Waals surface area contributed by atoms with Crippen molar-refractivity contribution in [2.75, 3.05) is 22.0 Å². The summed E-state index contributed by atoms with van der Waals surface area (Å²) < 4.78 is 26.6. The maximum absolute atomic E-state index is 12.2. The number of hydrogen-bond donors (Lipinski definition) is 2. The summed E-state index contributed by atoms with van der Waals surface area (Å²) in [6.07, 6.45) is 1.01. The van der Waals surface area contributed by atoms with Crippen LogP contribution in [-0.2, 0) is 21.4 Å². The van der Waals surface area contributed by atoms with E-state index in [1.807, 2.05) is 42.7 Å². The van der Waals surface area contributed by atoms with Crippen molar-refractivity contribution in [3.05, 3.63) is 29.8 Å². The standard InChI is InChI=1S/C16H19N7O3S3/c1-4-23-13(11-8-6-5-7-10(11)2)18-21-16(23)27-9-12(24)17-14-19-20-15(28-14)22-29(3,25)26/h5-8H,4,9H2,1-3H3,(H,20,22)(H,17,19,24). The lowest BCUT2D eigenvalue weighted by Crippen LogP contribution is -2.14. The molecule has 0 saturated carbocycles. The fourth-order valence-corrected chi connectivity index (χ4v) is 4.76. The van der Waals surface area contributed by atoms with Gasteiger partial charge in [-0.25, -0.2) is 8.42 Å². The van der Waals surface area contributed by atoms with Crippen molar-refractivity contribution >= 4 is 49.3 Å². The molecule has 1 amide bonds. The molecule has 0 spiro atoms. The highest BCUT2D eigenvalue weighted by atomic mass is 32.2. The third-order valence-corrected chi connectivity index (χ3v) is 6.11. The highest BCUT2D eigenvalue weighted by Gasteiger charge is 2.17. The van der Waals surface area contributed by atoms with Crippen molar-refractivity contribution in [3.8, 4) is 11.4 Å². The van der Waals surface area contributed by atoms with Crippen molar-refractivity contribution in [2.24, 2.45) is 0 Å². The molecule has 2 heterocycles. The minimum atomic E-state index is -3.45. The second-order valence-electron chi connectivity index (χ2n) is 5.99. The predicted molar refractivity (Wildman–Crippen MR) is 114 cm³/mol. The third kappa shape index (κ3) is 5.52. The summed E-state index contributed by atoms with van der Waals surface area (Å²) in [6.45, 7) is 4.67. The van der Waals surface area contributed by atoms with E-state index in [0.717, 1.165) is 34.5 Å². The number of carbonyl (C=O) groups excluding carboxylic acids is 1. The molecule has 3 rings (SSSR count). The Morgan fingerprint density at radius 3 is 2.59 bits per heavy atom. The summed E-state index contributed by atoms with van der Waals surface area (Å²) in [5, 5.41) is 19.5. The lowest BCUT2D eigenvalue weighted by atomic mass is 10.1. The molecular formula is C16H19N7O3S3. The van der Waals surface area contributed by atoms with Crippen LogP contribution in [0.15, 0.2) is 29.4 Å². The molecule has 0 saturated heterocycles. The van der Waals surface area contributed by atoms with Crippen LogP contribution in [0.5, 0.6) is 0 Å². The van der Waals surface area contributed by atoms with E-state index in [2.05, 4.69) is 30.4 Å². The van der Waals surface area contributed by atoms with E-state index in [0.29, 0.717) is 11.7 Å². The van der Waals surface area contributed by atoms with Crippen LogP contribution in [0, 0.1) is 6.92 Å². The van der Waals surface area contributed by atoms with E-state index in [1.54, 1.807) is 0 Å². The molecule has 0 unspecified atom stereocenters. The Morgan fingerprint density at radius 2 is 1.90 bits per heavy atom. The summed E-state index contributed by atoms with van der Waals surface area (Å²) in [6, 6.07) is 7.92. The van der Waals surface area contributed by atoms with E-state index >= 15 is 0 Å². The molecule has 3 aromatic rings. The van der Waals surface area contributed by atoms with E-state index in [9.17, 15) is 13.2 Å². The zero-order valence-corrected chi connectivity index (χ0v) is 18.4. The summed E-state index contributed by atoms with van der Waals surface area (Å²) in [5.41, 5.74) is 2.09. The molecule has 0 radical (unpaired) electrons. The predicted octanol–water partition coefficient (Wildman–Crippen LogP) is 2.23. The number of nitrogens with one attached hydrogen (secondary N) is 2. The number of anilines is 2. The fourth-order valence-electron chi connectivity index (χ4n) is 2.46. The lowest BCUT2D eigenvalue weighted by molar-refractivity contribution is -0.113. The van der Waals surface area contributed by atoms with Crippen LogP contribution in [0.1, 0.15) is 12.5 Å². The van der Waals surface area contributed by atoms with Crippen molar-refractivity contribution < 1.29 is 13.2 Å². The average molecular weight is 454 g/mol. The Hall–Kier alpha value is -2.51. The first-order valence-electron chi connectivity index (χ1n) is 8.50. The van der Waals surface area contributed by atoms with Crippen LogP contribution >= 0.6 is 23.1 Å². The van der Waals surface area contributed by atoms with Crippen LogP contribution < -0.4 is 10.0 Å². The number of aryl methyl sites for hydroxylation is 1. The van der Waals surface area contributed by atoms with E-state index in [-0.39, 0.29) is 21.9 Å². The van der Waals surface area contributed by atoms with Gasteiger partial charge in [0.15, 0.2) is 11.0 Å². The smallest absolute Gasteiger partial charge is 0.236 e. The number of rotatable bonds is 8. The molecule has 1 aromatic carbocycles. The van der Waals surface area contributed by atoms with Gasteiger partial charge in [-0.15, -0.1) is 20.4 Å². The number of sulfonamides is 1. The van der Waals surface area contributed by atoms with Gasteiger partial charge >= 0.3 is 0 Å². The van der Waals surface area contributed by atoms with E-state index < -0.39 is 10.0 Å². The Kier molecular flexibility index (Phi) is 6.49.